The predicted molar refractivity (Wildman–Crippen MR) is 58.0 cm³/mol. The highest BCUT2D eigenvalue weighted by Gasteiger charge is 2.33. The lowest BCUT2D eigenvalue weighted by molar-refractivity contribution is -0.138. The van der Waals surface area contributed by atoms with E-state index in [2.05, 4.69) is 0 Å². The highest BCUT2D eigenvalue weighted by molar-refractivity contribution is 5.85. The second-order valence-electron chi connectivity index (χ2n) is 3.06. The van der Waals surface area contributed by atoms with Gasteiger partial charge in [0.15, 0.2) is 0 Å². The SMILES string of the molecule is COc1ccc(CCN)c(C(F)(F)F)c1.Cl. The Kier molecular flexibility index (Phi) is 5.61. The maximum atomic E-state index is 12.6. The minimum absolute atomic E-state index is 0. The van der Waals surface area contributed by atoms with E-state index in [0.29, 0.717) is 0 Å². The molecule has 0 heterocycles. The van der Waals surface area contributed by atoms with Crippen LogP contribution in [0.3, 0.4) is 0 Å². The molecule has 0 atom stereocenters. The second-order valence-corrected chi connectivity index (χ2v) is 3.06. The van der Waals surface area contributed by atoms with Crippen LogP contribution in [0.1, 0.15) is 11.1 Å². The van der Waals surface area contributed by atoms with Crippen molar-refractivity contribution in [3.63, 3.8) is 0 Å². The second kappa shape index (κ2) is 5.96. The molecule has 0 spiro atoms. The molecule has 2 nitrogen and oxygen atoms in total. The molecule has 2 N–H and O–H groups in total. The van der Waals surface area contributed by atoms with Crippen LogP contribution in [0.4, 0.5) is 13.2 Å². The van der Waals surface area contributed by atoms with Gasteiger partial charge in [0.2, 0.25) is 0 Å². The van der Waals surface area contributed by atoms with Gasteiger partial charge in [0.05, 0.1) is 12.7 Å². The molecule has 16 heavy (non-hydrogen) atoms. The molecule has 0 saturated heterocycles. The van der Waals surface area contributed by atoms with Gasteiger partial charge in [0.25, 0.3) is 0 Å². The fraction of sp³-hybridized carbons (Fsp3) is 0.400. The van der Waals surface area contributed by atoms with Crippen LogP contribution in [-0.4, -0.2) is 13.7 Å². The lowest BCUT2D eigenvalue weighted by Crippen LogP contribution is -2.12. The Hall–Kier alpha value is -0.940. The van der Waals surface area contributed by atoms with Crippen LogP contribution in [0, 0.1) is 0 Å². The van der Waals surface area contributed by atoms with Crippen LogP contribution in [0.2, 0.25) is 0 Å². The van der Waals surface area contributed by atoms with Gasteiger partial charge in [-0.15, -0.1) is 12.4 Å². The third-order valence-corrected chi connectivity index (χ3v) is 2.04. The third-order valence-electron chi connectivity index (χ3n) is 2.04. The molecule has 0 bridgehead atoms. The lowest BCUT2D eigenvalue weighted by Gasteiger charge is -2.13. The van der Waals surface area contributed by atoms with E-state index < -0.39 is 11.7 Å². The zero-order valence-corrected chi connectivity index (χ0v) is 9.49. The molecule has 0 amide bonds. The summed E-state index contributed by atoms with van der Waals surface area (Å²) in [4.78, 5) is 0. The Morgan fingerprint density at radius 2 is 1.94 bits per heavy atom. The molecule has 92 valence electrons. The van der Waals surface area contributed by atoms with Crippen LogP contribution in [0.5, 0.6) is 5.75 Å². The topological polar surface area (TPSA) is 35.2 Å². The lowest BCUT2D eigenvalue weighted by atomic mass is 10.0. The summed E-state index contributed by atoms with van der Waals surface area (Å²) in [5.41, 5.74) is 4.77. The Morgan fingerprint density at radius 3 is 2.38 bits per heavy atom. The van der Waals surface area contributed by atoms with E-state index in [4.69, 9.17) is 10.5 Å². The Balaban J connectivity index is 0.00000225. The van der Waals surface area contributed by atoms with Gasteiger partial charge >= 0.3 is 6.18 Å². The van der Waals surface area contributed by atoms with Crippen molar-refractivity contribution in [2.75, 3.05) is 13.7 Å². The summed E-state index contributed by atoms with van der Waals surface area (Å²) in [6, 6.07) is 3.89. The first kappa shape index (κ1) is 15.1. The van der Waals surface area contributed by atoms with Crippen LogP contribution in [0.25, 0.3) is 0 Å². The van der Waals surface area contributed by atoms with Gasteiger partial charge in [-0.3, -0.25) is 0 Å². The maximum Gasteiger partial charge on any atom is 0.416 e. The van der Waals surface area contributed by atoms with Crippen LogP contribution >= 0.6 is 12.4 Å². The van der Waals surface area contributed by atoms with E-state index in [9.17, 15) is 13.2 Å². The van der Waals surface area contributed by atoms with Gasteiger partial charge in [-0.2, -0.15) is 13.2 Å². The van der Waals surface area contributed by atoms with Gasteiger partial charge in [-0.25, -0.2) is 0 Å². The number of nitrogens with two attached hydrogens (primary N) is 1. The van der Waals surface area contributed by atoms with Crippen molar-refractivity contribution in [1.82, 2.24) is 0 Å². The van der Waals surface area contributed by atoms with E-state index in [-0.39, 0.29) is 36.7 Å². The van der Waals surface area contributed by atoms with Crippen molar-refractivity contribution in [2.45, 2.75) is 12.6 Å². The van der Waals surface area contributed by atoms with E-state index >= 15 is 0 Å². The molecule has 0 aliphatic heterocycles. The first-order chi connectivity index (χ1) is 6.99. The third kappa shape index (κ3) is 3.57. The van der Waals surface area contributed by atoms with Crippen molar-refractivity contribution < 1.29 is 17.9 Å². The number of methoxy groups -OCH3 is 1. The number of ether oxygens (including phenoxy) is 1. The Labute approximate surface area is 98.0 Å². The number of benzene rings is 1. The first-order valence-electron chi connectivity index (χ1n) is 4.43. The molecule has 0 radical (unpaired) electrons. The predicted octanol–water partition coefficient (Wildman–Crippen LogP) is 2.64. The smallest absolute Gasteiger partial charge is 0.416 e. The van der Waals surface area contributed by atoms with Crippen LogP contribution in [-0.2, 0) is 12.6 Å². The Bertz CT molecular complexity index is 341. The highest BCUT2D eigenvalue weighted by atomic mass is 35.5. The van der Waals surface area contributed by atoms with E-state index in [0.717, 1.165) is 6.07 Å². The largest absolute Gasteiger partial charge is 0.497 e. The maximum absolute atomic E-state index is 12.6. The van der Waals surface area contributed by atoms with Gasteiger partial charge in [-0.1, -0.05) is 6.07 Å². The fourth-order valence-corrected chi connectivity index (χ4v) is 1.32. The zero-order chi connectivity index (χ0) is 11.5. The van der Waals surface area contributed by atoms with Crippen molar-refractivity contribution in [3.8, 4) is 5.75 Å². The summed E-state index contributed by atoms with van der Waals surface area (Å²) < 4.78 is 42.5. The number of halogens is 4. The molecule has 0 unspecified atom stereocenters. The number of hydrogen-bond donors (Lipinski definition) is 1. The fourth-order valence-electron chi connectivity index (χ4n) is 1.32. The van der Waals surface area contributed by atoms with Gasteiger partial charge in [-0.05, 0) is 30.7 Å². The summed E-state index contributed by atoms with van der Waals surface area (Å²) >= 11 is 0. The molecule has 0 fully saturated rings. The minimum Gasteiger partial charge on any atom is -0.497 e. The summed E-state index contributed by atoms with van der Waals surface area (Å²) in [6.45, 7) is 0.190. The van der Waals surface area contributed by atoms with E-state index in [1.54, 1.807) is 0 Å². The van der Waals surface area contributed by atoms with Crippen molar-refractivity contribution in [1.29, 1.82) is 0 Å². The molecule has 0 aliphatic carbocycles. The van der Waals surface area contributed by atoms with Crippen molar-refractivity contribution in [2.24, 2.45) is 5.73 Å². The monoisotopic (exact) mass is 255 g/mol. The van der Waals surface area contributed by atoms with Gasteiger partial charge in [0, 0.05) is 0 Å². The molecule has 0 saturated carbocycles. The van der Waals surface area contributed by atoms with Gasteiger partial charge in [0.1, 0.15) is 5.75 Å². The average Bonchev–Trinajstić information content (AvgIpc) is 2.17. The molecule has 6 heteroatoms. The summed E-state index contributed by atoms with van der Waals surface area (Å²) in [5.74, 6) is 0.197. The molecule has 0 aliphatic rings. The van der Waals surface area contributed by atoms with E-state index in [1.165, 1.54) is 19.2 Å². The normalized spacial score (nSPS) is 10.8. The minimum atomic E-state index is -4.36. The number of hydrogen-bond acceptors (Lipinski definition) is 2. The highest BCUT2D eigenvalue weighted by Crippen LogP contribution is 2.34. The van der Waals surface area contributed by atoms with Crippen molar-refractivity contribution >= 4 is 12.4 Å². The number of rotatable bonds is 3. The summed E-state index contributed by atoms with van der Waals surface area (Å²) in [7, 11) is 1.33. The molecular formula is C10H13ClF3NO. The molecule has 0 aromatic heterocycles. The van der Waals surface area contributed by atoms with Crippen LogP contribution < -0.4 is 10.5 Å². The van der Waals surface area contributed by atoms with Gasteiger partial charge < -0.3 is 10.5 Å². The molecule has 1 rings (SSSR count). The molecule has 1 aromatic rings. The molecule has 1 aromatic carbocycles. The van der Waals surface area contributed by atoms with Crippen LogP contribution in [0.15, 0.2) is 18.2 Å². The average molecular weight is 256 g/mol. The summed E-state index contributed by atoms with van der Waals surface area (Å²) in [5, 5.41) is 0. The van der Waals surface area contributed by atoms with Crippen molar-refractivity contribution in [3.05, 3.63) is 29.3 Å². The zero-order valence-electron chi connectivity index (χ0n) is 8.67. The summed E-state index contributed by atoms with van der Waals surface area (Å²) in [6.07, 6.45) is -4.15. The van der Waals surface area contributed by atoms with E-state index in [1.807, 2.05) is 0 Å². The quantitative estimate of drug-likeness (QED) is 0.901. The molecular weight excluding hydrogens is 243 g/mol. The standard InChI is InChI=1S/C10H12F3NO.ClH/c1-15-8-3-2-7(4-5-14)9(6-8)10(11,12)13;/h2-3,6H,4-5,14H2,1H3;1H. The number of alkyl halides is 3. The Morgan fingerprint density at radius 1 is 1.31 bits per heavy atom. The first-order valence-corrected chi connectivity index (χ1v) is 4.43.